The number of hydrogen-bond acceptors (Lipinski definition) is 3. The van der Waals surface area contributed by atoms with E-state index in [9.17, 15) is 9.59 Å². The lowest BCUT2D eigenvalue weighted by molar-refractivity contribution is -0.128. The van der Waals surface area contributed by atoms with Crippen molar-refractivity contribution in [3.05, 3.63) is 102 Å². The summed E-state index contributed by atoms with van der Waals surface area (Å²) in [6, 6.07) is 6.21. The van der Waals surface area contributed by atoms with E-state index < -0.39 is 0 Å². The Kier molecular flexibility index (Phi) is 21.9. The van der Waals surface area contributed by atoms with Crippen LogP contribution < -0.4 is 10.1 Å². The van der Waals surface area contributed by atoms with E-state index in [1.54, 1.807) is 0 Å². The fourth-order valence-electron chi connectivity index (χ4n) is 4.46. The summed E-state index contributed by atoms with van der Waals surface area (Å²) in [6.07, 6.45) is 36.0. The van der Waals surface area contributed by atoms with Gasteiger partial charge in [-0.25, -0.2) is 0 Å². The van der Waals surface area contributed by atoms with Crippen molar-refractivity contribution in [2.75, 3.05) is 13.2 Å². The molecule has 44 heavy (non-hydrogen) atoms. The number of nitrogens with one attached hydrogen (secondary N) is 1. The Hall–Kier alpha value is -3.40. The number of ketones is 1. The number of hydrogen-bond donors (Lipinski definition) is 1. The molecular weight excluding hydrogens is 542 g/mol. The molecular formula is C40H59NO3. The van der Waals surface area contributed by atoms with Gasteiger partial charge in [0.1, 0.15) is 11.5 Å². The largest absolute Gasteiger partial charge is 0.493 e. The minimum Gasteiger partial charge on any atom is -0.493 e. The Morgan fingerprint density at radius 3 is 1.86 bits per heavy atom. The van der Waals surface area contributed by atoms with Gasteiger partial charge >= 0.3 is 0 Å². The average molecular weight is 602 g/mol. The van der Waals surface area contributed by atoms with Crippen molar-refractivity contribution in [2.24, 2.45) is 5.41 Å². The average Bonchev–Trinajstić information content (AvgIpc) is 3.00. The third-order valence-electron chi connectivity index (χ3n) is 7.34. The summed E-state index contributed by atoms with van der Waals surface area (Å²) in [4.78, 5) is 24.9. The van der Waals surface area contributed by atoms with Crippen LogP contribution in [0.4, 0.5) is 0 Å². The second-order valence-electron chi connectivity index (χ2n) is 11.9. The number of rotatable bonds is 24. The standard InChI is InChI=1S/C40H59NO3/c1-6-7-8-9-10-11-12-13-14-15-16-17-18-19-20-21-22-23-24-28-39(43)41-32-25-27-38(42)40(4,5)31-26-33-44-37-34-35(2)29-30-36(37)3/h7-8,10-11,13-14,16-17,19-20,22-23,29-30,34H,6,9,12,15,18,21,24-28,31-33H2,1-5H3,(H,41,43)/b8-7-,11-10-,14-13-,17-16-,20-19-,23-22-. The van der Waals surface area contributed by atoms with Crippen molar-refractivity contribution in [1.82, 2.24) is 5.32 Å². The quantitative estimate of drug-likeness (QED) is 0.0947. The zero-order valence-electron chi connectivity index (χ0n) is 28.3. The van der Waals surface area contributed by atoms with Gasteiger partial charge < -0.3 is 10.1 Å². The maximum Gasteiger partial charge on any atom is 0.220 e. The van der Waals surface area contributed by atoms with E-state index in [0.29, 0.717) is 32.4 Å². The molecule has 1 rings (SSSR count). The van der Waals surface area contributed by atoms with Crippen LogP contribution in [0, 0.1) is 19.3 Å². The number of ether oxygens (including phenoxy) is 1. The van der Waals surface area contributed by atoms with Gasteiger partial charge in [-0.1, -0.05) is 106 Å². The van der Waals surface area contributed by atoms with Crippen LogP contribution in [0.15, 0.2) is 91.1 Å². The van der Waals surface area contributed by atoms with Crippen molar-refractivity contribution in [3.63, 3.8) is 0 Å². The molecule has 0 aliphatic carbocycles. The number of carbonyl (C=O) groups is 2. The van der Waals surface area contributed by atoms with E-state index in [0.717, 1.165) is 69.1 Å². The van der Waals surface area contributed by atoms with Gasteiger partial charge in [-0.3, -0.25) is 9.59 Å². The number of amides is 1. The minimum absolute atomic E-state index is 0.0415. The van der Waals surface area contributed by atoms with Crippen molar-refractivity contribution >= 4 is 11.7 Å². The zero-order valence-corrected chi connectivity index (χ0v) is 28.3. The molecule has 4 nitrogen and oxygen atoms in total. The highest BCUT2D eigenvalue weighted by Gasteiger charge is 2.26. The van der Waals surface area contributed by atoms with Crippen LogP contribution >= 0.6 is 0 Å². The smallest absolute Gasteiger partial charge is 0.220 e. The van der Waals surface area contributed by atoms with Crippen molar-refractivity contribution in [3.8, 4) is 5.75 Å². The molecule has 0 aliphatic rings. The molecule has 242 valence electrons. The summed E-state index contributed by atoms with van der Waals surface area (Å²) >= 11 is 0. The predicted molar refractivity (Wildman–Crippen MR) is 189 cm³/mol. The van der Waals surface area contributed by atoms with E-state index in [4.69, 9.17) is 4.74 Å². The first kappa shape index (κ1) is 38.6. The van der Waals surface area contributed by atoms with Crippen LogP contribution in [0.1, 0.15) is 109 Å². The van der Waals surface area contributed by atoms with Gasteiger partial charge in [0, 0.05) is 24.8 Å². The molecule has 1 aromatic rings. The molecule has 0 bridgehead atoms. The molecule has 0 saturated heterocycles. The Morgan fingerprint density at radius 2 is 1.30 bits per heavy atom. The number of carbonyl (C=O) groups excluding carboxylic acids is 2. The Labute approximate surface area is 269 Å². The van der Waals surface area contributed by atoms with Crippen molar-refractivity contribution < 1.29 is 14.3 Å². The van der Waals surface area contributed by atoms with Gasteiger partial charge in [0.2, 0.25) is 5.91 Å². The molecule has 0 fully saturated rings. The Bertz CT molecular complexity index is 1120. The summed E-state index contributed by atoms with van der Waals surface area (Å²) in [6.45, 7) is 11.4. The molecule has 0 aromatic heterocycles. The topological polar surface area (TPSA) is 55.4 Å². The maximum absolute atomic E-state index is 12.8. The lowest BCUT2D eigenvalue weighted by Crippen LogP contribution is -2.28. The van der Waals surface area contributed by atoms with E-state index >= 15 is 0 Å². The van der Waals surface area contributed by atoms with Gasteiger partial charge in [-0.15, -0.1) is 0 Å². The zero-order chi connectivity index (χ0) is 32.3. The van der Waals surface area contributed by atoms with Crippen LogP contribution in [0.3, 0.4) is 0 Å². The SMILES string of the molecule is CC/C=C\C/C=C\C/C=C\C/C=C\C/C=C\C/C=C\CCC(=O)NCCCC(=O)C(C)(C)CCCOc1cc(C)ccc1C. The molecule has 4 heteroatoms. The number of allylic oxidation sites excluding steroid dienone is 12. The molecule has 0 saturated carbocycles. The third kappa shape index (κ3) is 20.5. The summed E-state index contributed by atoms with van der Waals surface area (Å²) in [7, 11) is 0. The molecule has 0 unspecified atom stereocenters. The fourth-order valence-corrected chi connectivity index (χ4v) is 4.46. The monoisotopic (exact) mass is 601 g/mol. The molecule has 1 amide bonds. The molecule has 1 N–H and O–H groups in total. The highest BCUT2D eigenvalue weighted by atomic mass is 16.5. The summed E-state index contributed by atoms with van der Waals surface area (Å²) in [5.74, 6) is 1.21. The summed E-state index contributed by atoms with van der Waals surface area (Å²) in [5, 5.41) is 2.95. The number of Topliss-reactive ketones (excluding diaryl/α,β-unsaturated/α-hetero) is 1. The first-order valence-electron chi connectivity index (χ1n) is 16.7. The molecule has 0 spiro atoms. The van der Waals surface area contributed by atoms with E-state index in [1.807, 2.05) is 20.8 Å². The first-order valence-corrected chi connectivity index (χ1v) is 16.7. The van der Waals surface area contributed by atoms with Gasteiger partial charge in [0.25, 0.3) is 0 Å². The van der Waals surface area contributed by atoms with Gasteiger partial charge in [0.15, 0.2) is 0 Å². The van der Waals surface area contributed by atoms with E-state index in [-0.39, 0.29) is 17.1 Å². The lowest BCUT2D eigenvalue weighted by atomic mass is 9.81. The number of benzene rings is 1. The maximum atomic E-state index is 12.8. The molecule has 1 aromatic carbocycles. The molecule has 0 radical (unpaired) electrons. The van der Waals surface area contributed by atoms with Crippen LogP contribution in [-0.2, 0) is 9.59 Å². The van der Waals surface area contributed by atoms with Crippen molar-refractivity contribution in [1.29, 1.82) is 0 Å². The van der Waals surface area contributed by atoms with Crippen LogP contribution in [0.25, 0.3) is 0 Å². The molecule has 0 aliphatic heterocycles. The predicted octanol–water partition coefficient (Wildman–Crippen LogP) is 10.4. The first-order chi connectivity index (χ1) is 21.3. The fraction of sp³-hybridized carbons (Fsp3) is 0.500. The minimum atomic E-state index is -0.384. The highest BCUT2D eigenvalue weighted by molar-refractivity contribution is 5.84. The Morgan fingerprint density at radius 1 is 0.750 bits per heavy atom. The van der Waals surface area contributed by atoms with Crippen LogP contribution in [0.5, 0.6) is 5.75 Å². The summed E-state index contributed by atoms with van der Waals surface area (Å²) < 4.78 is 5.95. The Balaban J connectivity index is 2.05. The summed E-state index contributed by atoms with van der Waals surface area (Å²) in [5.41, 5.74) is 1.93. The molecule has 0 heterocycles. The van der Waals surface area contributed by atoms with Gasteiger partial charge in [0.05, 0.1) is 6.61 Å². The van der Waals surface area contributed by atoms with Crippen LogP contribution in [0.2, 0.25) is 0 Å². The van der Waals surface area contributed by atoms with E-state index in [1.165, 1.54) is 5.56 Å². The molecule has 0 atom stereocenters. The second-order valence-corrected chi connectivity index (χ2v) is 11.9. The third-order valence-corrected chi connectivity index (χ3v) is 7.34. The van der Waals surface area contributed by atoms with E-state index in [2.05, 4.69) is 110 Å². The number of aryl methyl sites for hydroxylation is 2. The van der Waals surface area contributed by atoms with Crippen LogP contribution in [-0.4, -0.2) is 24.8 Å². The highest BCUT2D eigenvalue weighted by Crippen LogP contribution is 2.26. The van der Waals surface area contributed by atoms with Gasteiger partial charge in [-0.05, 0) is 95.2 Å². The van der Waals surface area contributed by atoms with Gasteiger partial charge in [-0.2, -0.15) is 0 Å². The normalized spacial score (nSPS) is 12.7. The second kappa shape index (κ2) is 25.0. The lowest BCUT2D eigenvalue weighted by Gasteiger charge is -2.23. The van der Waals surface area contributed by atoms with Crippen molar-refractivity contribution in [2.45, 2.75) is 112 Å².